The molecule has 1 N–H and O–H groups in total. The Morgan fingerprint density at radius 3 is 2.89 bits per heavy atom. The SMILES string of the molecule is CCCCCCNC(=O)C1CCCN(C(=O)CCOc2ccc(F)cc2Cl)C1. The van der Waals surface area contributed by atoms with Crippen molar-refractivity contribution in [3.8, 4) is 5.75 Å². The predicted molar refractivity (Wildman–Crippen MR) is 108 cm³/mol. The number of carbonyl (C=O) groups excluding carboxylic acids is 2. The number of likely N-dealkylation sites (tertiary alicyclic amines) is 1. The Morgan fingerprint density at radius 1 is 1.32 bits per heavy atom. The van der Waals surface area contributed by atoms with Crippen LogP contribution in [0.5, 0.6) is 5.75 Å². The summed E-state index contributed by atoms with van der Waals surface area (Å²) in [4.78, 5) is 26.5. The third kappa shape index (κ3) is 7.30. The molecule has 1 aliphatic heterocycles. The van der Waals surface area contributed by atoms with Crippen LogP contribution in [-0.2, 0) is 9.59 Å². The molecule has 156 valence electrons. The van der Waals surface area contributed by atoms with Gasteiger partial charge >= 0.3 is 0 Å². The molecule has 0 saturated carbocycles. The Kier molecular flexibility index (Phi) is 9.55. The van der Waals surface area contributed by atoms with E-state index in [2.05, 4.69) is 12.2 Å². The maximum Gasteiger partial charge on any atom is 0.226 e. The molecular formula is C21H30ClFN2O3. The minimum absolute atomic E-state index is 0.0429. The number of ether oxygens (including phenoxy) is 1. The molecular weight excluding hydrogens is 383 g/mol. The molecule has 1 aliphatic rings. The van der Waals surface area contributed by atoms with E-state index >= 15 is 0 Å². The van der Waals surface area contributed by atoms with Gasteiger partial charge in [-0.1, -0.05) is 37.8 Å². The molecule has 0 bridgehead atoms. The summed E-state index contributed by atoms with van der Waals surface area (Å²) in [5.41, 5.74) is 0. The number of unbranched alkanes of at least 4 members (excludes halogenated alkanes) is 3. The highest BCUT2D eigenvalue weighted by Crippen LogP contribution is 2.25. The minimum atomic E-state index is -0.434. The molecule has 1 aromatic carbocycles. The number of rotatable bonds is 10. The number of piperidine rings is 1. The van der Waals surface area contributed by atoms with Crippen LogP contribution >= 0.6 is 11.6 Å². The molecule has 0 spiro atoms. The van der Waals surface area contributed by atoms with Crippen LogP contribution in [-0.4, -0.2) is 43.0 Å². The standard InChI is InChI=1S/C21H30ClFN2O3/c1-2-3-4-5-11-24-21(27)16-7-6-12-25(15-16)20(26)10-13-28-19-9-8-17(23)14-18(19)22/h8-9,14,16H,2-7,10-13,15H2,1H3,(H,24,27). The van der Waals surface area contributed by atoms with E-state index in [1.165, 1.54) is 31.0 Å². The van der Waals surface area contributed by atoms with E-state index in [0.29, 0.717) is 25.4 Å². The third-order valence-electron chi connectivity index (χ3n) is 4.94. The van der Waals surface area contributed by atoms with Gasteiger partial charge < -0.3 is 15.0 Å². The highest BCUT2D eigenvalue weighted by atomic mass is 35.5. The lowest BCUT2D eigenvalue weighted by Crippen LogP contribution is -2.45. The van der Waals surface area contributed by atoms with Gasteiger partial charge in [0.1, 0.15) is 11.6 Å². The van der Waals surface area contributed by atoms with E-state index in [-0.39, 0.29) is 35.8 Å². The van der Waals surface area contributed by atoms with Gasteiger partial charge in [-0.25, -0.2) is 4.39 Å². The number of halogens is 2. The van der Waals surface area contributed by atoms with Crippen molar-refractivity contribution < 1.29 is 18.7 Å². The Bertz CT molecular complexity index is 657. The average molecular weight is 413 g/mol. The van der Waals surface area contributed by atoms with Gasteiger partial charge in [0, 0.05) is 19.6 Å². The van der Waals surface area contributed by atoms with Crippen LogP contribution in [0.1, 0.15) is 51.9 Å². The summed E-state index contributed by atoms with van der Waals surface area (Å²) < 4.78 is 18.5. The van der Waals surface area contributed by atoms with Gasteiger partial charge in [0.2, 0.25) is 11.8 Å². The highest BCUT2D eigenvalue weighted by molar-refractivity contribution is 6.32. The van der Waals surface area contributed by atoms with Crippen molar-refractivity contribution in [2.75, 3.05) is 26.2 Å². The summed E-state index contributed by atoms with van der Waals surface area (Å²) in [7, 11) is 0. The average Bonchev–Trinajstić information content (AvgIpc) is 2.69. The Labute approximate surface area is 171 Å². The summed E-state index contributed by atoms with van der Waals surface area (Å²) in [5, 5.41) is 3.18. The van der Waals surface area contributed by atoms with Crippen molar-refractivity contribution in [2.24, 2.45) is 5.92 Å². The smallest absolute Gasteiger partial charge is 0.226 e. The quantitative estimate of drug-likeness (QED) is 0.586. The largest absolute Gasteiger partial charge is 0.491 e. The van der Waals surface area contributed by atoms with E-state index in [0.717, 1.165) is 25.7 Å². The summed E-state index contributed by atoms with van der Waals surface area (Å²) in [6.45, 7) is 4.14. The van der Waals surface area contributed by atoms with Gasteiger partial charge in [-0.2, -0.15) is 0 Å². The second-order valence-corrected chi connectivity index (χ2v) is 7.61. The summed E-state index contributed by atoms with van der Waals surface area (Å²) >= 11 is 5.91. The predicted octanol–water partition coefficient (Wildman–Crippen LogP) is 4.18. The first-order valence-corrected chi connectivity index (χ1v) is 10.5. The maximum atomic E-state index is 13.0. The van der Waals surface area contributed by atoms with Gasteiger partial charge in [-0.05, 0) is 37.5 Å². The molecule has 0 aromatic heterocycles. The Morgan fingerprint density at radius 2 is 2.14 bits per heavy atom. The molecule has 0 aliphatic carbocycles. The van der Waals surface area contributed by atoms with Crippen molar-refractivity contribution in [1.29, 1.82) is 0 Å². The van der Waals surface area contributed by atoms with Gasteiger partial charge in [-0.15, -0.1) is 0 Å². The molecule has 5 nitrogen and oxygen atoms in total. The number of hydrogen-bond donors (Lipinski definition) is 1. The zero-order valence-corrected chi connectivity index (χ0v) is 17.3. The number of hydrogen-bond acceptors (Lipinski definition) is 3. The van der Waals surface area contributed by atoms with Crippen molar-refractivity contribution in [1.82, 2.24) is 10.2 Å². The molecule has 1 heterocycles. The van der Waals surface area contributed by atoms with Gasteiger partial charge in [0.25, 0.3) is 0 Å². The monoisotopic (exact) mass is 412 g/mol. The van der Waals surface area contributed by atoms with Gasteiger partial charge in [0.05, 0.1) is 24.0 Å². The summed E-state index contributed by atoms with van der Waals surface area (Å²) in [6.07, 6.45) is 6.31. The summed E-state index contributed by atoms with van der Waals surface area (Å²) in [6, 6.07) is 3.89. The lowest BCUT2D eigenvalue weighted by molar-refractivity contribution is -0.136. The number of nitrogens with zero attached hydrogens (tertiary/aromatic N) is 1. The number of carbonyl (C=O) groups is 2. The van der Waals surface area contributed by atoms with Crippen LogP contribution in [0, 0.1) is 11.7 Å². The molecule has 0 radical (unpaired) electrons. The first-order valence-electron chi connectivity index (χ1n) is 10.1. The molecule has 2 amide bonds. The second-order valence-electron chi connectivity index (χ2n) is 7.20. The van der Waals surface area contributed by atoms with Crippen molar-refractivity contribution in [3.63, 3.8) is 0 Å². The number of nitrogens with one attached hydrogen (secondary N) is 1. The van der Waals surface area contributed by atoms with E-state index in [9.17, 15) is 14.0 Å². The molecule has 1 saturated heterocycles. The first-order chi connectivity index (χ1) is 13.5. The zero-order valence-electron chi connectivity index (χ0n) is 16.5. The highest BCUT2D eigenvalue weighted by Gasteiger charge is 2.28. The lowest BCUT2D eigenvalue weighted by atomic mass is 9.97. The van der Waals surface area contributed by atoms with Crippen LogP contribution in [0.3, 0.4) is 0 Å². The molecule has 2 rings (SSSR count). The Hall–Kier alpha value is -1.82. The van der Waals surface area contributed by atoms with Gasteiger partial charge in [0.15, 0.2) is 0 Å². The zero-order chi connectivity index (χ0) is 20.4. The van der Waals surface area contributed by atoms with E-state index in [4.69, 9.17) is 16.3 Å². The second kappa shape index (κ2) is 11.9. The van der Waals surface area contributed by atoms with E-state index in [1.54, 1.807) is 4.90 Å². The fraction of sp³-hybridized carbons (Fsp3) is 0.619. The van der Waals surface area contributed by atoms with E-state index < -0.39 is 5.82 Å². The number of benzene rings is 1. The van der Waals surface area contributed by atoms with Crippen LogP contribution in [0.2, 0.25) is 5.02 Å². The van der Waals surface area contributed by atoms with Crippen LogP contribution in [0.25, 0.3) is 0 Å². The van der Waals surface area contributed by atoms with Crippen LogP contribution in [0.15, 0.2) is 18.2 Å². The molecule has 1 unspecified atom stereocenters. The third-order valence-corrected chi connectivity index (χ3v) is 5.24. The van der Waals surface area contributed by atoms with Crippen molar-refractivity contribution in [3.05, 3.63) is 29.0 Å². The maximum absolute atomic E-state index is 13.0. The van der Waals surface area contributed by atoms with E-state index in [1.807, 2.05) is 0 Å². The Balaban J connectivity index is 1.71. The fourth-order valence-electron chi connectivity index (χ4n) is 3.32. The van der Waals surface area contributed by atoms with Gasteiger partial charge in [-0.3, -0.25) is 9.59 Å². The minimum Gasteiger partial charge on any atom is -0.491 e. The van der Waals surface area contributed by atoms with Crippen molar-refractivity contribution in [2.45, 2.75) is 51.9 Å². The fourth-order valence-corrected chi connectivity index (χ4v) is 3.55. The summed E-state index contributed by atoms with van der Waals surface area (Å²) in [5.74, 6) is -0.218. The lowest BCUT2D eigenvalue weighted by Gasteiger charge is -2.32. The molecule has 28 heavy (non-hydrogen) atoms. The topological polar surface area (TPSA) is 58.6 Å². The molecule has 7 heteroatoms. The first kappa shape index (κ1) is 22.5. The van der Waals surface area contributed by atoms with Crippen molar-refractivity contribution >= 4 is 23.4 Å². The molecule has 1 atom stereocenters. The van der Waals surface area contributed by atoms with Crippen LogP contribution in [0.4, 0.5) is 4.39 Å². The number of amides is 2. The molecule has 1 aromatic rings. The van der Waals surface area contributed by atoms with Crippen LogP contribution < -0.4 is 10.1 Å². The molecule has 1 fully saturated rings. The normalized spacial score (nSPS) is 16.7.